The molecule has 103 valence electrons. The molecule has 0 N–H and O–H groups in total. The maximum absolute atomic E-state index is 12.3. The summed E-state index contributed by atoms with van der Waals surface area (Å²) in [6, 6.07) is 8.16. The van der Waals surface area contributed by atoms with Crippen LogP contribution >= 0.6 is 0 Å². The Balaban J connectivity index is 0.00000289. The van der Waals surface area contributed by atoms with Crippen molar-refractivity contribution in [3.63, 3.8) is 0 Å². The summed E-state index contributed by atoms with van der Waals surface area (Å²) in [7, 11) is 0. The van der Waals surface area contributed by atoms with Gasteiger partial charge in [-0.05, 0) is 18.9 Å². The summed E-state index contributed by atoms with van der Waals surface area (Å²) in [5.41, 5.74) is 0.533. The zero-order valence-electron chi connectivity index (χ0n) is 9.42. The largest absolute Gasteiger partial charge is 0.450 e. The predicted octanol–water partition coefficient (Wildman–Crippen LogP) is 2.56. The van der Waals surface area contributed by atoms with E-state index in [4.69, 9.17) is 0 Å². The van der Waals surface area contributed by atoms with Crippen LogP contribution in [0.15, 0.2) is 30.3 Å². The molecule has 1 rings (SSSR count). The summed E-state index contributed by atoms with van der Waals surface area (Å²) in [4.78, 5) is 22.2. The molecule has 1 atom stereocenters. The number of hydrogen-bond acceptors (Lipinski definition) is 2. The number of ketones is 2. The summed E-state index contributed by atoms with van der Waals surface area (Å²) in [6.07, 6.45) is -5.18. The molecule has 0 aromatic heterocycles. The first kappa shape index (κ1) is 16.9. The molecule has 1 radical (unpaired) electrons. The Labute approximate surface area is 113 Å². The normalized spacial score (nSPS) is 12.4. The fourth-order valence-electron chi connectivity index (χ4n) is 1.47. The maximum atomic E-state index is 12.3. The number of alkyl halides is 3. The fourth-order valence-corrected chi connectivity index (χ4v) is 1.47. The number of rotatable bonds is 4. The van der Waals surface area contributed by atoms with Crippen molar-refractivity contribution in [3.05, 3.63) is 35.9 Å². The second-order valence-electron chi connectivity index (χ2n) is 3.71. The van der Waals surface area contributed by atoms with Gasteiger partial charge in [0.25, 0.3) is 0 Å². The van der Waals surface area contributed by atoms with E-state index in [0.717, 1.165) is 6.92 Å². The van der Waals surface area contributed by atoms with Gasteiger partial charge in [0.05, 0.1) is 5.92 Å². The van der Waals surface area contributed by atoms with Crippen molar-refractivity contribution < 1.29 is 39.8 Å². The van der Waals surface area contributed by atoms with Gasteiger partial charge in [-0.15, -0.1) is 0 Å². The van der Waals surface area contributed by atoms with Crippen molar-refractivity contribution in [2.24, 2.45) is 5.92 Å². The van der Waals surface area contributed by atoms with Crippen LogP contribution in [0.5, 0.6) is 0 Å². The first-order chi connectivity index (χ1) is 7.82. The molecule has 18 heavy (non-hydrogen) atoms. The fraction of sp³-hybridized carbons (Fsp3) is 0.333. The van der Waals surface area contributed by atoms with Crippen molar-refractivity contribution in [2.75, 3.05) is 0 Å². The molecule has 1 aromatic rings. The van der Waals surface area contributed by atoms with Crippen LogP contribution in [-0.4, -0.2) is 17.7 Å². The third-order valence-corrected chi connectivity index (χ3v) is 2.37. The zero-order valence-corrected chi connectivity index (χ0v) is 10.4. The van der Waals surface area contributed by atoms with Gasteiger partial charge in [0.2, 0.25) is 5.78 Å². The molecule has 0 saturated heterocycles. The minimum atomic E-state index is -4.97. The summed E-state index contributed by atoms with van der Waals surface area (Å²) in [5.74, 6) is -4.39. The molecular weight excluding hydrogens is 297 g/mol. The van der Waals surface area contributed by atoms with Gasteiger partial charge in [-0.25, -0.2) is 0 Å². The molecule has 1 aromatic carbocycles. The smallest absolute Gasteiger partial charge is 0.299 e. The molecule has 0 amide bonds. The molecule has 6 heteroatoms. The summed E-state index contributed by atoms with van der Waals surface area (Å²) >= 11 is 0. The Morgan fingerprint density at radius 2 is 1.67 bits per heavy atom. The van der Waals surface area contributed by atoms with Crippen LogP contribution in [-0.2, 0) is 33.1 Å². The zero-order chi connectivity index (χ0) is 13.1. The minimum Gasteiger partial charge on any atom is -0.299 e. The number of carbonyl (C=O) groups is 2. The number of benzene rings is 1. The molecule has 1 unspecified atom stereocenters. The first-order valence-corrected chi connectivity index (χ1v) is 4.98. The van der Waals surface area contributed by atoms with Crippen molar-refractivity contribution in [1.82, 2.24) is 0 Å². The average molecular weight is 308 g/mol. The van der Waals surface area contributed by atoms with E-state index >= 15 is 0 Å². The van der Waals surface area contributed by atoms with Gasteiger partial charge in [-0.1, -0.05) is 30.3 Å². The predicted molar refractivity (Wildman–Crippen MR) is 55.4 cm³/mol. The van der Waals surface area contributed by atoms with E-state index in [0.29, 0.717) is 5.56 Å². The van der Waals surface area contributed by atoms with Gasteiger partial charge in [0.1, 0.15) is 5.78 Å². The number of carbonyl (C=O) groups excluding carboxylic acids is 2. The van der Waals surface area contributed by atoms with Crippen LogP contribution in [0.4, 0.5) is 13.2 Å². The van der Waals surface area contributed by atoms with E-state index in [2.05, 4.69) is 0 Å². The number of Topliss-reactive ketones (excluding diaryl/α,β-unsaturated/α-hetero) is 2. The minimum absolute atomic E-state index is 0. The second kappa shape index (κ2) is 6.71. The first-order valence-electron chi connectivity index (χ1n) is 4.98. The van der Waals surface area contributed by atoms with E-state index in [1.54, 1.807) is 30.3 Å². The monoisotopic (exact) mass is 307 g/mol. The van der Waals surface area contributed by atoms with E-state index in [9.17, 15) is 22.8 Å². The maximum Gasteiger partial charge on any atom is 0.450 e. The third kappa shape index (κ3) is 4.62. The van der Waals surface area contributed by atoms with Crippen molar-refractivity contribution in [1.29, 1.82) is 0 Å². The summed E-state index contributed by atoms with van der Waals surface area (Å²) < 4.78 is 36.8. The number of halogens is 3. The average Bonchev–Trinajstić information content (AvgIpc) is 2.24. The van der Waals surface area contributed by atoms with Crippen molar-refractivity contribution in [2.45, 2.75) is 19.5 Å². The molecule has 0 fully saturated rings. The van der Waals surface area contributed by atoms with Gasteiger partial charge in [0.15, 0.2) is 0 Å². The van der Waals surface area contributed by atoms with Gasteiger partial charge in [-0.2, -0.15) is 13.2 Å². The van der Waals surface area contributed by atoms with Crippen LogP contribution in [0.3, 0.4) is 0 Å². The summed E-state index contributed by atoms with van der Waals surface area (Å²) in [5, 5.41) is 0. The Bertz CT molecular complexity index is 415. The van der Waals surface area contributed by atoms with Crippen LogP contribution < -0.4 is 0 Å². The molecule has 0 aliphatic heterocycles. The van der Waals surface area contributed by atoms with Gasteiger partial charge >= 0.3 is 6.18 Å². The molecule has 0 spiro atoms. The molecule has 2 nitrogen and oxygen atoms in total. The van der Waals surface area contributed by atoms with E-state index < -0.39 is 23.7 Å². The van der Waals surface area contributed by atoms with E-state index in [1.165, 1.54) is 0 Å². The van der Waals surface area contributed by atoms with Crippen LogP contribution in [0.25, 0.3) is 0 Å². The molecular formula is C12H11CuF3O2. The quantitative estimate of drug-likeness (QED) is 0.633. The molecule has 0 bridgehead atoms. The Morgan fingerprint density at radius 1 is 1.17 bits per heavy atom. The summed E-state index contributed by atoms with van der Waals surface area (Å²) in [6.45, 7) is 0.997. The Morgan fingerprint density at radius 3 is 2.06 bits per heavy atom. The van der Waals surface area contributed by atoms with Crippen LogP contribution in [0.2, 0.25) is 0 Å². The Hall–Kier alpha value is -1.13. The standard InChI is InChI=1S/C12H11F3O2.Cu/c1-8(16)10(11(17)12(13,14)15)7-9-5-3-2-4-6-9;/h2-6,10H,7H2,1H3;. The van der Waals surface area contributed by atoms with Crippen LogP contribution in [0.1, 0.15) is 12.5 Å². The van der Waals surface area contributed by atoms with Gasteiger partial charge in [0, 0.05) is 17.1 Å². The molecule has 0 aliphatic rings. The Kier molecular flexibility index (Phi) is 6.29. The number of hydrogen-bond donors (Lipinski definition) is 0. The molecule has 0 saturated carbocycles. The second-order valence-corrected chi connectivity index (χ2v) is 3.71. The van der Waals surface area contributed by atoms with E-state index in [1.807, 2.05) is 0 Å². The van der Waals surface area contributed by atoms with Gasteiger partial charge in [-0.3, -0.25) is 9.59 Å². The topological polar surface area (TPSA) is 34.1 Å². The van der Waals surface area contributed by atoms with E-state index in [-0.39, 0.29) is 23.5 Å². The van der Waals surface area contributed by atoms with Crippen molar-refractivity contribution in [3.8, 4) is 0 Å². The molecule has 0 heterocycles. The third-order valence-electron chi connectivity index (χ3n) is 2.37. The molecule has 0 aliphatic carbocycles. The van der Waals surface area contributed by atoms with Gasteiger partial charge < -0.3 is 0 Å². The van der Waals surface area contributed by atoms with Crippen LogP contribution in [0, 0.1) is 5.92 Å². The van der Waals surface area contributed by atoms with Crippen molar-refractivity contribution >= 4 is 11.6 Å². The SMILES string of the molecule is CC(=O)C(Cc1ccccc1)C(=O)C(F)(F)F.[Cu].